The molecule has 12 rings (SSSR count). The van der Waals surface area contributed by atoms with E-state index in [1.807, 2.05) is 0 Å². The lowest BCUT2D eigenvalue weighted by atomic mass is 9.48. The van der Waals surface area contributed by atoms with Crippen molar-refractivity contribution in [1.29, 1.82) is 10.5 Å². The monoisotopic (exact) mass is 627 g/mol. The quantitative estimate of drug-likeness (QED) is 0.220. The molecule has 0 amide bonds. The van der Waals surface area contributed by atoms with Crippen molar-refractivity contribution in [2.24, 2.45) is 35.5 Å². The lowest BCUT2D eigenvalue weighted by molar-refractivity contribution is -0.00530. The van der Waals surface area contributed by atoms with Crippen LogP contribution in [0.1, 0.15) is 99.3 Å². The molecule has 0 N–H and O–H groups in total. The van der Waals surface area contributed by atoms with Gasteiger partial charge in [0.25, 0.3) is 0 Å². The highest BCUT2D eigenvalue weighted by Gasteiger charge is 2.52. The topological polar surface area (TPSA) is 86.2 Å². The SMILES string of the molecule is N#Cc1cc(C#N)cc(-c2nc(-c3ccc(C45CC6CC(CC(C6)C4)C5)cc3)nc(-c3ccc(C45CC6CC(CC(C6)C4)C5)cc3)n2)c1. The maximum atomic E-state index is 9.71. The molecular formula is C43H41N5. The van der Waals surface area contributed by atoms with E-state index in [2.05, 4.69) is 60.7 Å². The van der Waals surface area contributed by atoms with Crippen LogP contribution in [0.25, 0.3) is 34.2 Å². The largest absolute Gasteiger partial charge is 0.208 e. The van der Waals surface area contributed by atoms with Gasteiger partial charge in [-0.15, -0.1) is 0 Å². The number of nitriles is 2. The fraction of sp³-hybridized carbons (Fsp3) is 0.465. The standard InChI is InChI=1S/C43H41N5/c44-24-32-15-33(25-45)17-36(16-32)41-47-39(34-1-5-37(6-2-34)42-18-26-9-27(19-42)11-28(10-26)20-42)46-40(48-41)35-3-7-38(8-4-35)43-21-29-12-30(22-43)14-31(13-29)23-43/h1-8,15-17,26-31H,9-14,18-23H2. The molecule has 4 aromatic rings. The molecule has 0 radical (unpaired) electrons. The van der Waals surface area contributed by atoms with E-state index in [0.717, 1.165) is 46.6 Å². The fourth-order valence-corrected chi connectivity index (χ4v) is 12.5. The second kappa shape index (κ2) is 10.6. The molecule has 0 atom stereocenters. The first kappa shape index (κ1) is 28.6. The van der Waals surface area contributed by atoms with Gasteiger partial charge in [-0.1, -0.05) is 48.5 Å². The molecule has 5 nitrogen and oxygen atoms in total. The highest BCUT2D eigenvalue weighted by molar-refractivity contribution is 5.68. The summed E-state index contributed by atoms with van der Waals surface area (Å²) in [6, 6.07) is 27.8. The summed E-state index contributed by atoms with van der Waals surface area (Å²) in [7, 11) is 0. The molecule has 8 aliphatic carbocycles. The van der Waals surface area contributed by atoms with E-state index in [9.17, 15) is 10.5 Å². The van der Waals surface area contributed by atoms with Crippen LogP contribution >= 0.6 is 0 Å². The predicted molar refractivity (Wildman–Crippen MR) is 185 cm³/mol. The minimum Gasteiger partial charge on any atom is -0.208 e. The summed E-state index contributed by atoms with van der Waals surface area (Å²) in [6.45, 7) is 0. The maximum absolute atomic E-state index is 9.71. The molecule has 3 aromatic carbocycles. The molecule has 8 bridgehead atoms. The maximum Gasteiger partial charge on any atom is 0.164 e. The molecule has 0 saturated heterocycles. The van der Waals surface area contributed by atoms with Crippen molar-refractivity contribution < 1.29 is 0 Å². The van der Waals surface area contributed by atoms with Gasteiger partial charge in [-0.2, -0.15) is 10.5 Å². The third-order valence-corrected chi connectivity index (χ3v) is 13.7. The van der Waals surface area contributed by atoms with Crippen LogP contribution in [0.15, 0.2) is 66.7 Å². The Hall–Kier alpha value is -4.35. The van der Waals surface area contributed by atoms with Gasteiger partial charge in [0.05, 0.1) is 23.3 Å². The summed E-state index contributed by atoms with van der Waals surface area (Å²) in [6.07, 6.45) is 16.7. The van der Waals surface area contributed by atoms with Gasteiger partial charge >= 0.3 is 0 Å². The molecule has 0 aliphatic heterocycles. The van der Waals surface area contributed by atoms with Gasteiger partial charge in [0.2, 0.25) is 0 Å². The van der Waals surface area contributed by atoms with Crippen molar-refractivity contribution in [3.8, 4) is 46.3 Å². The number of benzene rings is 3. The third-order valence-electron chi connectivity index (χ3n) is 13.7. The molecule has 0 unspecified atom stereocenters. The van der Waals surface area contributed by atoms with Crippen LogP contribution < -0.4 is 0 Å². The van der Waals surface area contributed by atoms with Crippen LogP contribution in [0, 0.1) is 58.2 Å². The molecule has 8 aliphatic rings. The fourth-order valence-electron chi connectivity index (χ4n) is 12.5. The first-order chi connectivity index (χ1) is 23.4. The summed E-state index contributed by atoms with van der Waals surface area (Å²) in [5.74, 6) is 7.16. The van der Waals surface area contributed by atoms with Crippen LogP contribution in [0.5, 0.6) is 0 Å². The van der Waals surface area contributed by atoms with Crippen molar-refractivity contribution in [3.63, 3.8) is 0 Å². The highest BCUT2D eigenvalue weighted by atomic mass is 15.0. The van der Waals surface area contributed by atoms with Crippen molar-refractivity contribution in [1.82, 2.24) is 15.0 Å². The van der Waals surface area contributed by atoms with Gasteiger partial charge in [0, 0.05) is 16.7 Å². The molecule has 0 spiro atoms. The Morgan fingerprint density at radius 1 is 0.438 bits per heavy atom. The smallest absolute Gasteiger partial charge is 0.164 e. The van der Waals surface area contributed by atoms with E-state index in [1.54, 1.807) is 18.2 Å². The number of aromatic nitrogens is 3. The Morgan fingerprint density at radius 2 is 0.750 bits per heavy atom. The molecule has 48 heavy (non-hydrogen) atoms. The van der Waals surface area contributed by atoms with Crippen LogP contribution in [0.4, 0.5) is 0 Å². The van der Waals surface area contributed by atoms with E-state index in [1.165, 1.54) is 88.2 Å². The number of nitrogens with zero attached hydrogens (tertiary/aromatic N) is 5. The van der Waals surface area contributed by atoms with E-state index in [4.69, 9.17) is 15.0 Å². The van der Waals surface area contributed by atoms with E-state index in [-0.39, 0.29) is 0 Å². The molecule has 1 aromatic heterocycles. The Balaban J connectivity index is 1.03. The second-order valence-corrected chi connectivity index (χ2v) is 16.9. The summed E-state index contributed by atoms with van der Waals surface area (Å²) in [5.41, 5.74) is 7.09. The summed E-state index contributed by atoms with van der Waals surface area (Å²) in [4.78, 5) is 15.0. The molecule has 8 saturated carbocycles. The van der Waals surface area contributed by atoms with Gasteiger partial charge in [-0.05, 0) is 153 Å². The van der Waals surface area contributed by atoms with E-state index in [0.29, 0.717) is 45.0 Å². The molecule has 238 valence electrons. The first-order valence-corrected chi connectivity index (χ1v) is 18.4. The number of rotatable bonds is 5. The average Bonchev–Trinajstić information content (AvgIpc) is 3.10. The summed E-state index contributed by atoms with van der Waals surface area (Å²) < 4.78 is 0. The predicted octanol–water partition coefficient (Wildman–Crippen LogP) is 9.55. The van der Waals surface area contributed by atoms with Crippen LogP contribution in [-0.4, -0.2) is 15.0 Å². The van der Waals surface area contributed by atoms with E-state index >= 15 is 0 Å². The van der Waals surface area contributed by atoms with Crippen molar-refractivity contribution in [2.45, 2.75) is 87.9 Å². The van der Waals surface area contributed by atoms with Crippen molar-refractivity contribution >= 4 is 0 Å². The Morgan fingerprint density at radius 3 is 1.06 bits per heavy atom. The number of hydrogen-bond donors (Lipinski definition) is 0. The second-order valence-electron chi connectivity index (χ2n) is 16.9. The summed E-state index contributed by atoms with van der Waals surface area (Å²) in [5, 5.41) is 19.4. The van der Waals surface area contributed by atoms with Gasteiger partial charge in [-0.3, -0.25) is 0 Å². The van der Waals surface area contributed by atoms with Gasteiger partial charge in [0.1, 0.15) is 0 Å². The normalized spacial score (nSPS) is 33.8. The Labute approximate surface area is 283 Å². The van der Waals surface area contributed by atoms with Crippen LogP contribution in [0.2, 0.25) is 0 Å². The van der Waals surface area contributed by atoms with E-state index < -0.39 is 0 Å². The van der Waals surface area contributed by atoms with Gasteiger partial charge in [0.15, 0.2) is 17.5 Å². The molecule has 8 fully saturated rings. The summed E-state index contributed by atoms with van der Waals surface area (Å²) >= 11 is 0. The van der Waals surface area contributed by atoms with Crippen molar-refractivity contribution in [3.05, 3.63) is 89.0 Å². The zero-order valence-electron chi connectivity index (χ0n) is 27.5. The van der Waals surface area contributed by atoms with Crippen LogP contribution in [-0.2, 0) is 10.8 Å². The minimum atomic E-state index is 0.340. The Bertz CT molecular complexity index is 1800. The molecule has 5 heteroatoms. The highest BCUT2D eigenvalue weighted by Crippen LogP contribution is 2.62. The Kier molecular flexibility index (Phi) is 6.31. The first-order valence-electron chi connectivity index (χ1n) is 18.4. The average molecular weight is 628 g/mol. The third kappa shape index (κ3) is 4.65. The minimum absolute atomic E-state index is 0.340. The van der Waals surface area contributed by atoms with Gasteiger partial charge in [-0.25, -0.2) is 15.0 Å². The molecule has 1 heterocycles. The zero-order chi connectivity index (χ0) is 32.0. The lowest BCUT2D eigenvalue weighted by Crippen LogP contribution is -2.48. The van der Waals surface area contributed by atoms with Crippen molar-refractivity contribution in [2.75, 3.05) is 0 Å². The van der Waals surface area contributed by atoms with Crippen LogP contribution in [0.3, 0.4) is 0 Å². The zero-order valence-corrected chi connectivity index (χ0v) is 27.5. The molecular weight excluding hydrogens is 587 g/mol. The lowest BCUT2D eigenvalue weighted by Gasteiger charge is -2.57. The van der Waals surface area contributed by atoms with Gasteiger partial charge < -0.3 is 0 Å². The number of hydrogen-bond acceptors (Lipinski definition) is 5.